The van der Waals surface area contributed by atoms with E-state index in [4.69, 9.17) is 55.6 Å². The quantitative estimate of drug-likeness (QED) is 0.203. The van der Waals surface area contributed by atoms with Gasteiger partial charge < -0.3 is 23.5 Å². The lowest BCUT2D eigenvalue weighted by Crippen LogP contribution is -2.62. The highest BCUT2D eigenvalue weighted by Gasteiger charge is 2.56. The molecule has 3 N–H and O–H groups in total. The Morgan fingerprint density at radius 2 is 1.36 bits per heavy atom. The van der Waals surface area contributed by atoms with Crippen molar-refractivity contribution in [3.05, 3.63) is 25.6 Å². The van der Waals surface area contributed by atoms with Crippen LogP contribution in [0.1, 0.15) is 19.3 Å². The van der Waals surface area contributed by atoms with E-state index in [-0.39, 0.29) is 43.5 Å². The van der Waals surface area contributed by atoms with Crippen molar-refractivity contribution in [2.75, 3.05) is 24.2 Å². The topological polar surface area (TPSA) is 79.2 Å². The maximum Gasteiger partial charge on any atom is 0.671 e. The maximum absolute atomic E-state index is 9.63. The summed E-state index contributed by atoms with van der Waals surface area (Å²) in [5, 5.41) is 0. The van der Waals surface area contributed by atoms with Crippen LogP contribution < -0.4 is 4.74 Å². The second-order valence-corrected chi connectivity index (χ2v) is 11.8. The minimum absolute atomic E-state index is 0.0732. The fraction of sp³-hybridized carbons (Fsp3) is 0.600. The van der Waals surface area contributed by atoms with E-state index in [9.17, 15) is 14.4 Å². The Balaban J connectivity index is 3.33. The van der Waals surface area contributed by atoms with E-state index in [0.717, 1.165) is 4.47 Å². The van der Waals surface area contributed by atoms with E-state index in [2.05, 4.69) is 47.8 Å². The van der Waals surface area contributed by atoms with Crippen LogP contribution >= 0.6 is 94.2 Å². The molecule has 28 heavy (non-hydrogen) atoms. The average Bonchev–Trinajstić information content (AvgIpc) is 2.52. The number of hydrogen-bond donors (Lipinski definition) is 3. The zero-order valence-corrected chi connectivity index (χ0v) is 23.2. The second kappa shape index (κ2) is 12.1. The van der Waals surface area contributed by atoms with E-state index in [1.165, 1.54) is 0 Å². The van der Waals surface area contributed by atoms with Crippen LogP contribution in [0.2, 0.25) is 0 Å². The molecule has 0 aromatic heterocycles. The fourth-order valence-corrected chi connectivity index (χ4v) is 7.65. The van der Waals surface area contributed by atoms with Gasteiger partial charge >= 0.3 is 9.05 Å². The molecule has 5 nitrogen and oxygen atoms in total. The zero-order valence-electron chi connectivity index (χ0n) is 14.4. The van der Waals surface area contributed by atoms with E-state index in [1.807, 2.05) is 0 Å². The molecule has 1 atom stereocenters. The molecule has 0 amide bonds. The molecule has 0 aliphatic rings. The standard InChI is InChI=1S/C15H19Br3Cl4O5Si/c16-10-7-11(17)13(12(18)8-10)26-9-14(22,1-4-19)15(2-5-20,3-6-21)27-28(23,24)25/h7-8,23-25H,1-6,9H2. The molecule has 1 aromatic carbocycles. The third-order valence-corrected chi connectivity index (χ3v) is 7.55. The van der Waals surface area contributed by atoms with Gasteiger partial charge in [-0.1, -0.05) is 15.9 Å². The van der Waals surface area contributed by atoms with Crippen molar-refractivity contribution < 1.29 is 23.5 Å². The Morgan fingerprint density at radius 1 is 0.893 bits per heavy atom. The van der Waals surface area contributed by atoms with Gasteiger partial charge in [-0.15, -0.1) is 46.4 Å². The molecule has 1 aromatic rings. The Hall–Kier alpha value is 1.68. The lowest BCUT2D eigenvalue weighted by atomic mass is 9.80. The van der Waals surface area contributed by atoms with Crippen LogP contribution in [0.5, 0.6) is 5.75 Å². The molecule has 0 aliphatic heterocycles. The molecular weight excluding hydrogens is 670 g/mol. The van der Waals surface area contributed by atoms with Crippen LogP contribution in [0, 0.1) is 0 Å². The molecule has 0 radical (unpaired) electrons. The van der Waals surface area contributed by atoms with Gasteiger partial charge in [0.1, 0.15) is 17.2 Å². The molecule has 0 heterocycles. The number of halogens is 7. The highest BCUT2D eigenvalue weighted by molar-refractivity contribution is 9.11. The molecule has 0 aliphatic carbocycles. The monoisotopic (exact) mass is 684 g/mol. The van der Waals surface area contributed by atoms with Gasteiger partial charge in [0.05, 0.1) is 14.5 Å². The summed E-state index contributed by atoms with van der Waals surface area (Å²) in [6, 6.07) is 3.60. The third-order valence-electron chi connectivity index (χ3n) is 4.04. The minimum atomic E-state index is -4.97. The Kier molecular flexibility index (Phi) is 11.9. The van der Waals surface area contributed by atoms with Gasteiger partial charge in [0.15, 0.2) is 0 Å². The average molecular weight is 689 g/mol. The molecule has 0 spiro atoms. The normalized spacial score (nSPS) is 14.8. The van der Waals surface area contributed by atoms with Gasteiger partial charge in [0.25, 0.3) is 0 Å². The van der Waals surface area contributed by atoms with Crippen LogP contribution in [0.15, 0.2) is 25.6 Å². The third kappa shape index (κ3) is 7.67. The summed E-state index contributed by atoms with van der Waals surface area (Å²) in [7, 11) is -4.97. The van der Waals surface area contributed by atoms with Crippen LogP contribution in [0.4, 0.5) is 0 Å². The van der Waals surface area contributed by atoms with Crippen molar-refractivity contribution in [2.45, 2.75) is 29.7 Å². The van der Waals surface area contributed by atoms with Crippen molar-refractivity contribution >= 4 is 103 Å². The van der Waals surface area contributed by atoms with Crippen LogP contribution in [0.25, 0.3) is 0 Å². The molecule has 162 valence electrons. The minimum Gasteiger partial charge on any atom is -0.489 e. The molecule has 0 bridgehead atoms. The first-order chi connectivity index (χ1) is 12.9. The Labute approximate surface area is 210 Å². The van der Waals surface area contributed by atoms with Crippen molar-refractivity contribution in [3.8, 4) is 5.75 Å². The zero-order chi connectivity index (χ0) is 21.6. The summed E-state index contributed by atoms with van der Waals surface area (Å²) < 4.78 is 13.4. The SMILES string of the molecule is O[Si](O)(O)OC(CCCl)(CCCl)C(Cl)(CCCl)COc1c(Br)cc(Br)cc1Br. The highest BCUT2D eigenvalue weighted by atomic mass is 79.9. The van der Waals surface area contributed by atoms with Gasteiger partial charge in [-0.25, -0.2) is 0 Å². The van der Waals surface area contributed by atoms with Gasteiger partial charge in [0, 0.05) is 22.1 Å². The number of hydrogen-bond acceptors (Lipinski definition) is 5. The summed E-state index contributed by atoms with van der Waals surface area (Å²) in [5.41, 5.74) is -1.48. The molecule has 1 unspecified atom stereocenters. The fourth-order valence-electron chi connectivity index (χ4n) is 2.77. The number of ether oxygens (including phenoxy) is 1. The largest absolute Gasteiger partial charge is 0.671 e. The van der Waals surface area contributed by atoms with Gasteiger partial charge in [-0.2, -0.15) is 0 Å². The first kappa shape index (κ1) is 27.7. The van der Waals surface area contributed by atoms with E-state index >= 15 is 0 Å². The van der Waals surface area contributed by atoms with E-state index in [1.54, 1.807) is 12.1 Å². The Bertz CT molecular complexity index is 624. The maximum atomic E-state index is 9.63. The lowest BCUT2D eigenvalue weighted by Gasteiger charge is -2.47. The smallest absolute Gasteiger partial charge is 0.489 e. The molecule has 13 heteroatoms. The van der Waals surface area contributed by atoms with Gasteiger partial charge in [0.2, 0.25) is 0 Å². The number of benzene rings is 1. The number of alkyl halides is 4. The number of rotatable bonds is 12. The Morgan fingerprint density at radius 3 is 1.75 bits per heavy atom. The lowest BCUT2D eigenvalue weighted by molar-refractivity contribution is -0.0797. The van der Waals surface area contributed by atoms with Crippen LogP contribution in [0.3, 0.4) is 0 Å². The summed E-state index contributed by atoms with van der Waals surface area (Å²) in [5.74, 6) is 0.754. The molecule has 1 rings (SSSR count). The van der Waals surface area contributed by atoms with E-state index in [0.29, 0.717) is 14.7 Å². The highest BCUT2D eigenvalue weighted by Crippen LogP contribution is 2.45. The molecule has 0 fully saturated rings. The molecule has 0 saturated heterocycles. The van der Waals surface area contributed by atoms with Gasteiger partial charge in [-0.05, 0) is 63.3 Å². The first-order valence-corrected chi connectivity index (χ1v) is 14.1. The predicted molar refractivity (Wildman–Crippen MR) is 126 cm³/mol. The summed E-state index contributed by atoms with van der Waals surface area (Å²) in [6.07, 6.45) is 0.342. The van der Waals surface area contributed by atoms with Gasteiger partial charge in [-0.3, -0.25) is 0 Å². The van der Waals surface area contributed by atoms with Crippen molar-refractivity contribution in [2.24, 2.45) is 0 Å². The summed E-state index contributed by atoms with van der Waals surface area (Å²) >= 11 is 35.0. The summed E-state index contributed by atoms with van der Waals surface area (Å²) in [6.45, 7) is -0.127. The van der Waals surface area contributed by atoms with Crippen LogP contribution in [-0.2, 0) is 4.43 Å². The summed E-state index contributed by atoms with van der Waals surface area (Å²) in [4.78, 5) is 27.5. The second-order valence-electron chi connectivity index (χ2n) is 5.94. The molecular formula is C15H19Br3Cl4O5Si. The van der Waals surface area contributed by atoms with Crippen molar-refractivity contribution in [1.29, 1.82) is 0 Å². The molecule has 0 saturated carbocycles. The van der Waals surface area contributed by atoms with Crippen molar-refractivity contribution in [3.63, 3.8) is 0 Å². The van der Waals surface area contributed by atoms with E-state index < -0.39 is 19.5 Å². The first-order valence-electron chi connectivity index (χ1n) is 7.95. The predicted octanol–water partition coefficient (Wildman–Crippen LogP) is 5.39. The van der Waals surface area contributed by atoms with Crippen molar-refractivity contribution in [1.82, 2.24) is 0 Å². The van der Waals surface area contributed by atoms with Crippen LogP contribution in [-0.4, -0.2) is 58.2 Å².